The first-order valence-corrected chi connectivity index (χ1v) is 6.05. The number of pyridine rings is 1. The van der Waals surface area contributed by atoms with Gasteiger partial charge in [0.05, 0.1) is 0 Å². The molecular formula is C11H16BrN3O. The zero-order valence-electron chi connectivity index (χ0n) is 9.51. The average Bonchev–Trinajstić information content (AvgIpc) is 2.23. The van der Waals surface area contributed by atoms with Crippen LogP contribution in [0, 0.1) is 6.92 Å². The molecule has 0 bridgehead atoms. The van der Waals surface area contributed by atoms with Gasteiger partial charge in [-0.2, -0.15) is 0 Å². The number of nitrogens with zero attached hydrogens (tertiary/aromatic N) is 1. The first-order valence-electron chi connectivity index (χ1n) is 5.26. The van der Waals surface area contributed by atoms with Crippen LogP contribution in [0.25, 0.3) is 0 Å². The highest BCUT2D eigenvalue weighted by atomic mass is 79.9. The van der Waals surface area contributed by atoms with Gasteiger partial charge in [-0.25, -0.2) is 4.98 Å². The van der Waals surface area contributed by atoms with Crippen molar-refractivity contribution in [1.82, 2.24) is 10.3 Å². The zero-order chi connectivity index (χ0) is 12.0. The number of carbonyl (C=O) groups is 1. The number of hydrogen-bond acceptors (Lipinski definition) is 3. The predicted octanol–water partition coefficient (Wildman–Crippen LogP) is 2.09. The first-order chi connectivity index (χ1) is 7.63. The van der Waals surface area contributed by atoms with Crippen molar-refractivity contribution >= 4 is 27.7 Å². The molecule has 88 valence electrons. The number of halogens is 1. The maximum Gasteiger partial charge on any atom is 0.226 e. The molecule has 0 radical (unpaired) electrons. The summed E-state index contributed by atoms with van der Waals surface area (Å²) in [6.45, 7) is 5.50. The normalized spacial score (nSPS) is 10.2. The summed E-state index contributed by atoms with van der Waals surface area (Å²) >= 11 is 3.33. The molecule has 2 N–H and O–H groups in total. The van der Waals surface area contributed by atoms with Crippen molar-refractivity contribution in [3.8, 4) is 0 Å². The number of aryl methyl sites for hydroxylation is 1. The van der Waals surface area contributed by atoms with Crippen molar-refractivity contribution in [2.24, 2.45) is 0 Å². The highest BCUT2D eigenvalue weighted by molar-refractivity contribution is 9.10. The molecule has 0 aliphatic carbocycles. The van der Waals surface area contributed by atoms with Gasteiger partial charge in [0.25, 0.3) is 0 Å². The lowest BCUT2D eigenvalue weighted by molar-refractivity contribution is -0.116. The standard InChI is InChI=1S/C11H16BrN3O/c1-3-13-5-4-10(16)15-11-8(2)6-9(12)7-14-11/h6-7,13H,3-5H2,1-2H3,(H,14,15,16). The van der Waals surface area contributed by atoms with Gasteiger partial charge in [0, 0.05) is 23.6 Å². The van der Waals surface area contributed by atoms with Crippen LogP contribution in [-0.2, 0) is 4.79 Å². The molecule has 16 heavy (non-hydrogen) atoms. The molecule has 1 aromatic rings. The second kappa shape index (κ2) is 6.60. The van der Waals surface area contributed by atoms with E-state index in [0.29, 0.717) is 18.8 Å². The lowest BCUT2D eigenvalue weighted by Gasteiger charge is -2.07. The lowest BCUT2D eigenvalue weighted by Crippen LogP contribution is -2.22. The van der Waals surface area contributed by atoms with Crippen molar-refractivity contribution in [1.29, 1.82) is 0 Å². The van der Waals surface area contributed by atoms with Crippen LogP contribution in [0.4, 0.5) is 5.82 Å². The number of carbonyl (C=O) groups excluding carboxylic acids is 1. The molecule has 5 heteroatoms. The van der Waals surface area contributed by atoms with E-state index in [-0.39, 0.29) is 5.91 Å². The van der Waals surface area contributed by atoms with Crippen LogP contribution in [0.5, 0.6) is 0 Å². The van der Waals surface area contributed by atoms with E-state index in [1.165, 1.54) is 0 Å². The number of rotatable bonds is 5. The highest BCUT2D eigenvalue weighted by Gasteiger charge is 2.05. The second-order valence-electron chi connectivity index (χ2n) is 3.47. The number of hydrogen-bond donors (Lipinski definition) is 2. The van der Waals surface area contributed by atoms with E-state index in [9.17, 15) is 4.79 Å². The van der Waals surface area contributed by atoms with Gasteiger partial charge in [-0.05, 0) is 41.0 Å². The molecule has 1 heterocycles. The Bertz CT molecular complexity index is 368. The maximum absolute atomic E-state index is 11.5. The molecule has 1 amide bonds. The first kappa shape index (κ1) is 13.1. The summed E-state index contributed by atoms with van der Waals surface area (Å²) in [5.74, 6) is 0.614. The van der Waals surface area contributed by atoms with Crippen LogP contribution in [0.15, 0.2) is 16.7 Å². The van der Waals surface area contributed by atoms with Crippen molar-refractivity contribution in [2.75, 3.05) is 18.4 Å². The molecule has 0 fully saturated rings. The van der Waals surface area contributed by atoms with Crippen LogP contribution in [0.1, 0.15) is 18.9 Å². The number of nitrogens with one attached hydrogen (secondary N) is 2. The van der Waals surface area contributed by atoms with Gasteiger partial charge < -0.3 is 10.6 Å². The zero-order valence-corrected chi connectivity index (χ0v) is 11.1. The van der Waals surface area contributed by atoms with Crippen LogP contribution in [-0.4, -0.2) is 24.0 Å². The van der Waals surface area contributed by atoms with Crippen molar-refractivity contribution < 1.29 is 4.79 Å². The van der Waals surface area contributed by atoms with Crippen molar-refractivity contribution in [2.45, 2.75) is 20.3 Å². The average molecular weight is 286 g/mol. The molecule has 0 atom stereocenters. The summed E-state index contributed by atoms with van der Waals surface area (Å²) in [5.41, 5.74) is 0.950. The molecule has 0 saturated heterocycles. The molecule has 0 aliphatic rings. The van der Waals surface area contributed by atoms with Gasteiger partial charge in [-0.15, -0.1) is 0 Å². The fourth-order valence-corrected chi connectivity index (χ4v) is 1.69. The maximum atomic E-state index is 11.5. The summed E-state index contributed by atoms with van der Waals surface area (Å²) < 4.78 is 0.913. The topological polar surface area (TPSA) is 54.0 Å². The predicted molar refractivity (Wildman–Crippen MR) is 68.5 cm³/mol. The van der Waals surface area contributed by atoms with Crippen LogP contribution < -0.4 is 10.6 Å². The third kappa shape index (κ3) is 4.28. The van der Waals surface area contributed by atoms with Gasteiger partial charge in [0.15, 0.2) is 0 Å². The summed E-state index contributed by atoms with van der Waals surface area (Å²) in [6.07, 6.45) is 2.14. The molecule has 4 nitrogen and oxygen atoms in total. The van der Waals surface area contributed by atoms with Gasteiger partial charge >= 0.3 is 0 Å². The van der Waals surface area contributed by atoms with Gasteiger partial charge in [-0.1, -0.05) is 6.92 Å². The molecule has 1 aromatic heterocycles. The Hall–Kier alpha value is -0.940. The van der Waals surface area contributed by atoms with E-state index in [1.807, 2.05) is 19.9 Å². The largest absolute Gasteiger partial charge is 0.316 e. The minimum atomic E-state index is -0.0149. The van der Waals surface area contributed by atoms with E-state index in [2.05, 4.69) is 31.5 Å². The van der Waals surface area contributed by atoms with E-state index >= 15 is 0 Å². The SMILES string of the molecule is CCNCCC(=O)Nc1ncc(Br)cc1C. The summed E-state index contributed by atoms with van der Waals surface area (Å²) in [7, 11) is 0. The Morgan fingerprint density at radius 2 is 2.31 bits per heavy atom. The summed E-state index contributed by atoms with van der Waals surface area (Å²) in [6, 6.07) is 1.92. The molecule has 1 rings (SSSR count). The number of aromatic nitrogens is 1. The second-order valence-corrected chi connectivity index (χ2v) is 4.39. The molecule has 0 aliphatic heterocycles. The minimum absolute atomic E-state index is 0.0149. The molecule has 0 unspecified atom stereocenters. The van der Waals surface area contributed by atoms with E-state index < -0.39 is 0 Å². The third-order valence-corrected chi connectivity index (χ3v) is 2.52. The van der Waals surface area contributed by atoms with Crippen molar-refractivity contribution in [3.05, 3.63) is 22.3 Å². The molecule has 0 spiro atoms. The fourth-order valence-electron chi connectivity index (χ4n) is 1.24. The van der Waals surface area contributed by atoms with Crippen LogP contribution >= 0.6 is 15.9 Å². The number of amides is 1. The smallest absolute Gasteiger partial charge is 0.226 e. The monoisotopic (exact) mass is 285 g/mol. The fraction of sp³-hybridized carbons (Fsp3) is 0.455. The Kier molecular flexibility index (Phi) is 5.42. The Balaban J connectivity index is 2.49. The molecule has 0 aromatic carbocycles. The van der Waals surface area contributed by atoms with Crippen molar-refractivity contribution in [3.63, 3.8) is 0 Å². The quantitative estimate of drug-likeness (QED) is 0.815. The molecule has 0 saturated carbocycles. The lowest BCUT2D eigenvalue weighted by atomic mass is 10.3. The third-order valence-electron chi connectivity index (χ3n) is 2.08. The van der Waals surface area contributed by atoms with Gasteiger partial charge in [0.1, 0.15) is 5.82 Å². The summed E-state index contributed by atoms with van der Waals surface area (Å²) in [5, 5.41) is 5.89. The molecular weight excluding hydrogens is 270 g/mol. The van der Waals surface area contributed by atoms with Gasteiger partial charge in [-0.3, -0.25) is 4.79 Å². The van der Waals surface area contributed by atoms with E-state index in [4.69, 9.17) is 0 Å². The van der Waals surface area contributed by atoms with Crippen LogP contribution in [0.2, 0.25) is 0 Å². The van der Waals surface area contributed by atoms with Gasteiger partial charge in [0.2, 0.25) is 5.91 Å². The Morgan fingerprint density at radius 3 is 2.94 bits per heavy atom. The Labute approximate surface area is 104 Å². The van der Waals surface area contributed by atoms with Crippen LogP contribution in [0.3, 0.4) is 0 Å². The summed E-state index contributed by atoms with van der Waals surface area (Å²) in [4.78, 5) is 15.7. The van der Waals surface area contributed by atoms with E-state index in [0.717, 1.165) is 16.6 Å². The minimum Gasteiger partial charge on any atom is -0.316 e. The van der Waals surface area contributed by atoms with E-state index in [1.54, 1.807) is 6.20 Å². The highest BCUT2D eigenvalue weighted by Crippen LogP contribution is 2.16. The number of anilines is 1. The Morgan fingerprint density at radius 1 is 1.56 bits per heavy atom.